The highest BCUT2D eigenvalue weighted by Crippen LogP contribution is 2.13. The van der Waals surface area contributed by atoms with E-state index in [1.54, 1.807) is 9.13 Å². The molecule has 8 nitrogen and oxygen atoms in total. The van der Waals surface area contributed by atoms with E-state index in [0.717, 1.165) is 17.5 Å². The molecule has 2 rings (SSSR count). The Kier molecular flexibility index (Phi) is 7.60. The zero-order valence-corrected chi connectivity index (χ0v) is 16.1. The molecule has 0 radical (unpaired) electrons. The number of carbonyl (C=O) groups excluding carboxylic acids is 2. The van der Waals surface area contributed by atoms with Crippen molar-refractivity contribution in [2.75, 3.05) is 20.3 Å². The van der Waals surface area contributed by atoms with Gasteiger partial charge in [0, 0.05) is 26.7 Å². The van der Waals surface area contributed by atoms with Gasteiger partial charge < -0.3 is 14.8 Å². The number of fused-ring (bicyclic) bond motifs is 1. The monoisotopic (exact) mass is 377 g/mol. The van der Waals surface area contributed by atoms with Crippen molar-refractivity contribution >= 4 is 22.9 Å². The molecule has 0 aliphatic rings. The van der Waals surface area contributed by atoms with Crippen LogP contribution in [-0.4, -0.2) is 47.4 Å². The van der Waals surface area contributed by atoms with Gasteiger partial charge in [-0.05, 0) is 25.5 Å². The van der Waals surface area contributed by atoms with Crippen LogP contribution in [0.2, 0.25) is 0 Å². The number of nitrogens with zero attached hydrogens (tertiary/aromatic N) is 2. The minimum atomic E-state index is -0.896. The summed E-state index contributed by atoms with van der Waals surface area (Å²) in [4.78, 5) is 36.6. The number of aromatic nitrogens is 2. The maximum absolute atomic E-state index is 12.7. The molecule has 1 heterocycles. The first-order valence-electron chi connectivity index (χ1n) is 9.13. The number of rotatable bonds is 10. The van der Waals surface area contributed by atoms with E-state index in [1.807, 2.05) is 31.2 Å². The van der Waals surface area contributed by atoms with Gasteiger partial charge in [0.25, 0.3) is 5.91 Å². The molecule has 0 aliphatic heterocycles. The van der Waals surface area contributed by atoms with Crippen molar-refractivity contribution in [3.05, 3.63) is 34.7 Å². The van der Waals surface area contributed by atoms with Crippen molar-refractivity contribution in [1.82, 2.24) is 14.5 Å². The molecular formula is C19H27N3O5. The second-order valence-corrected chi connectivity index (χ2v) is 6.24. The van der Waals surface area contributed by atoms with Crippen molar-refractivity contribution in [3.8, 4) is 0 Å². The molecule has 0 unspecified atom stereocenters. The Balaban J connectivity index is 2.00. The van der Waals surface area contributed by atoms with Crippen molar-refractivity contribution in [2.24, 2.45) is 0 Å². The van der Waals surface area contributed by atoms with Crippen molar-refractivity contribution < 1.29 is 19.1 Å². The molecule has 2 aromatic rings. The number of hydrogen-bond donors (Lipinski definition) is 1. The second-order valence-electron chi connectivity index (χ2n) is 6.24. The molecule has 148 valence electrons. The third-order valence-electron chi connectivity index (χ3n) is 4.19. The molecular weight excluding hydrogens is 350 g/mol. The Labute approximate surface area is 158 Å². The lowest BCUT2D eigenvalue weighted by atomic mass is 10.3. The highest BCUT2D eigenvalue weighted by Gasteiger charge is 2.18. The normalized spacial score (nSPS) is 12.1. The van der Waals surface area contributed by atoms with E-state index < -0.39 is 12.1 Å². The van der Waals surface area contributed by atoms with Gasteiger partial charge in [0.15, 0.2) is 6.10 Å². The van der Waals surface area contributed by atoms with Gasteiger partial charge in [-0.25, -0.2) is 4.79 Å². The lowest BCUT2D eigenvalue weighted by Crippen LogP contribution is -2.37. The Hall–Kier alpha value is -2.61. The largest absolute Gasteiger partial charge is 0.452 e. The summed E-state index contributed by atoms with van der Waals surface area (Å²) >= 11 is 0. The third kappa shape index (κ3) is 5.19. The highest BCUT2D eigenvalue weighted by molar-refractivity contribution is 5.83. The van der Waals surface area contributed by atoms with Gasteiger partial charge in [0.2, 0.25) is 0 Å². The van der Waals surface area contributed by atoms with Crippen LogP contribution in [-0.2, 0) is 32.2 Å². The zero-order valence-electron chi connectivity index (χ0n) is 16.1. The molecule has 1 aromatic heterocycles. The fraction of sp³-hybridized carbons (Fsp3) is 0.526. The lowest BCUT2D eigenvalue weighted by molar-refractivity contribution is -0.155. The highest BCUT2D eigenvalue weighted by atomic mass is 16.5. The van der Waals surface area contributed by atoms with Gasteiger partial charge in [-0.3, -0.25) is 18.7 Å². The molecule has 0 aliphatic carbocycles. The summed E-state index contributed by atoms with van der Waals surface area (Å²) in [5.74, 6) is -0.902. The van der Waals surface area contributed by atoms with Crippen molar-refractivity contribution in [1.29, 1.82) is 0 Å². The minimum Gasteiger partial charge on any atom is -0.452 e. The van der Waals surface area contributed by atoms with Crippen LogP contribution in [0.25, 0.3) is 11.0 Å². The quantitative estimate of drug-likeness (QED) is 0.498. The van der Waals surface area contributed by atoms with Crippen LogP contribution in [0.15, 0.2) is 29.1 Å². The van der Waals surface area contributed by atoms with Gasteiger partial charge in [-0.15, -0.1) is 0 Å². The van der Waals surface area contributed by atoms with E-state index in [-0.39, 0.29) is 24.6 Å². The molecule has 0 fully saturated rings. The molecule has 1 amide bonds. The molecule has 8 heteroatoms. The van der Waals surface area contributed by atoms with Crippen molar-refractivity contribution in [2.45, 2.75) is 45.9 Å². The number of esters is 1. The molecule has 0 spiro atoms. The van der Waals surface area contributed by atoms with Crippen molar-refractivity contribution in [3.63, 3.8) is 0 Å². The Morgan fingerprint density at radius 1 is 1.15 bits per heavy atom. The number of carbonyl (C=O) groups is 2. The number of nitrogens with one attached hydrogen (secondary N) is 1. The van der Waals surface area contributed by atoms with Crippen LogP contribution in [0.3, 0.4) is 0 Å². The van der Waals surface area contributed by atoms with E-state index >= 15 is 0 Å². The number of hydrogen-bond acceptors (Lipinski definition) is 5. The van der Waals surface area contributed by atoms with Crippen LogP contribution >= 0.6 is 0 Å². The maximum atomic E-state index is 12.7. The van der Waals surface area contributed by atoms with Crippen LogP contribution in [0.1, 0.15) is 26.7 Å². The average molecular weight is 377 g/mol. The van der Waals surface area contributed by atoms with Crippen LogP contribution in [0, 0.1) is 0 Å². The smallest absolute Gasteiger partial charge is 0.329 e. The van der Waals surface area contributed by atoms with Gasteiger partial charge in [0.05, 0.1) is 24.1 Å². The first-order valence-corrected chi connectivity index (χ1v) is 9.13. The SMILES string of the molecule is CCCn1c(=O)n(CCC(=O)O[C@@H](C)C(=O)NCCOC)c2ccccc21. The van der Waals surface area contributed by atoms with Gasteiger partial charge in [0.1, 0.15) is 0 Å². The number of imidazole rings is 1. The predicted octanol–water partition coefficient (Wildman–Crippen LogP) is 1.30. The first kappa shape index (κ1) is 20.7. The van der Waals surface area contributed by atoms with E-state index in [9.17, 15) is 14.4 Å². The molecule has 27 heavy (non-hydrogen) atoms. The standard InChI is InChI=1S/C19H27N3O5/c1-4-11-21-15-7-5-6-8-16(15)22(19(21)25)12-9-17(23)27-14(2)18(24)20-10-13-26-3/h5-8,14H,4,9-13H2,1-3H3,(H,20,24)/t14-/m0/s1. The fourth-order valence-corrected chi connectivity index (χ4v) is 2.86. The molecule has 1 N–H and O–H groups in total. The first-order chi connectivity index (χ1) is 13.0. The number of para-hydroxylation sites is 2. The number of aryl methyl sites for hydroxylation is 2. The van der Waals surface area contributed by atoms with Gasteiger partial charge >= 0.3 is 11.7 Å². The summed E-state index contributed by atoms with van der Waals surface area (Å²) in [5.41, 5.74) is 1.49. The molecule has 1 aromatic carbocycles. The molecule has 0 saturated heterocycles. The minimum absolute atomic E-state index is 0.00965. The lowest BCUT2D eigenvalue weighted by Gasteiger charge is -2.13. The second kappa shape index (κ2) is 9.91. The van der Waals surface area contributed by atoms with E-state index in [4.69, 9.17) is 9.47 Å². The topological polar surface area (TPSA) is 91.6 Å². The van der Waals surface area contributed by atoms with E-state index in [0.29, 0.717) is 19.7 Å². The number of ether oxygens (including phenoxy) is 2. The van der Waals surface area contributed by atoms with Crippen LogP contribution in [0.5, 0.6) is 0 Å². The maximum Gasteiger partial charge on any atom is 0.329 e. The Bertz CT molecular complexity index is 839. The zero-order chi connectivity index (χ0) is 19.8. The molecule has 0 bridgehead atoms. The average Bonchev–Trinajstić information content (AvgIpc) is 2.92. The number of amides is 1. The number of benzene rings is 1. The Morgan fingerprint density at radius 2 is 1.78 bits per heavy atom. The summed E-state index contributed by atoms with van der Waals surface area (Å²) < 4.78 is 13.3. The van der Waals surface area contributed by atoms with Gasteiger partial charge in [-0.2, -0.15) is 0 Å². The molecule has 1 atom stereocenters. The van der Waals surface area contributed by atoms with Gasteiger partial charge in [-0.1, -0.05) is 19.1 Å². The summed E-state index contributed by atoms with van der Waals surface area (Å²) in [6.45, 7) is 5.08. The molecule has 0 saturated carbocycles. The predicted molar refractivity (Wildman–Crippen MR) is 102 cm³/mol. The fourth-order valence-electron chi connectivity index (χ4n) is 2.86. The Morgan fingerprint density at radius 3 is 2.37 bits per heavy atom. The summed E-state index contributed by atoms with van der Waals surface area (Å²) in [7, 11) is 1.54. The summed E-state index contributed by atoms with van der Waals surface area (Å²) in [6, 6.07) is 7.50. The summed E-state index contributed by atoms with van der Waals surface area (Å²) in [5, 5.41) is 2.61. The van der Waals surface area contributed by atoms with Crippen LogP contribution < -0.4 is 11.0 Å². The van der Waals surface area contributed by atoms with E-state index in [1.165, 1.54) is 14.0 Å². The van der Waals surface area contributed by atoms with Crippen LogP contribution in [0.4, 0.5) is 0 Å². The summed E-state index contributed by atoms with van der Waals surface area (Å²) in [6.07, 6.45) is -0.0472. The third-order valence-corrected chi connectivity index (χ3v) is 4.19. The van der Waals surface area contributed by atoms with E-state index in [2.05, 4.69) is 5.32 Å². The number of methoxy groups -OCH3 is 1.